The summed E-state index contributed by atoms with van der Waals surface area (Å²) in [5, 5.41) is 0. The van der Waals surface area contributed by atoms with Crippen LogP contribution in [-0.4, -0.2) is 32.8 Å². The molecule has 18 heavy (non-hydrogen) atoms. The molecule has 2 aromatic heterocycles. The fraction of sp³-hybridized carbons (Fsp3) is 0.231. The van der Waals surface area contributed by atoms with Crippen LogP contribution in [0.2, 0.25) is 0 Å². The van der Waals surface area contributed by atoms with Crippen LogP contribution in [-0.2, 0) is 6.54 Å². The second-order valence-electron chi connectivity index (χ2n) is 4.06. The number of hydrogen-bond acceptors (Lipinski definition) is 4. The fourth-order valence-corrected chi connectivity index (χ4v) is 1.53. The van der Waals surface area contributed by atoms with Gasteiger partial charge in [-0.05, 0) is 24.6 Å². The normalized spacial score (nSPS) is 10.1. The van der Waals surface area contributed by atoms with E-state index in [-0.39, 0.29) is 5.91 Å². The molecule has 0 N–H and O–H groups in total. The molecule has 2 heterocycles. The number of aryl methyl sites for hydroxylation is 1. The zero-order chi connectivity index (χ0) is 13.0. The highest BCUT2D eigenvalue weighted by atomic mass is 16.2. The number of carbonyl (C=O) groups is 1. The summed E-state index contributed by atoms with van der Waals surface area (Å²) in [6, 6.07) is 3.76. The van der Waals surface area contributed by atoms with Crippen molar-refractivity contribution in [3.63, 3.8) is 0 Å². The lowest BCUT2D eigenvalue weighted by Crippen LogP contribution is -2.27. The highest BCUT2D eigenvalue weighted by molar-refractivity contribution is 5.91. The summed E-state index contributed by atoms with van der Waals surface area (Å²) in [4.78, 5) is 25.8. The number of aromatic nitrogens is 3. The van der Waals surface area contributed by atoms with Crippen LogP contribution in [0.4, 0.5) is 0 Å². The Morgan fingerprint density at radius 2 is 1.94 bits per heavy atom. The Bertz CT molecular complexity index is 524. The smallest absolute Gasteiger partial charge is 0.274 e. The van der Waals surface area contributed by atoms with E-state index in [0.29, 0.717) is 12.2 Å². The number of nitrogens with zero attached hydrogens (tertiary/aromatic N) is 4. The van der Waals surface area contributed by atoms with E-state index in [9.17, 15) is 4.79 Å². The predicted octanol–water partition coefficient (Wildman–Crippen LogP) is 1.45. The van der Waals surface area contributed by atoms with E-state index in [0.717, 1.165) is 11.3 Å². The molecular weight excluding hydrogens is 228 g/mol. The van der Waals surface area contributed by atoms with Crippen LogP contribution < -0.4 is 0 Å². The molecule has 0 unspecified atom stereocenters. The summed E-state index contributed by atoms with van der Waals surface area (Å²) in [7, 11) is 1.74. The van der Waals surface area contributed by atoms with Gasteiger partial charge in [0.25, 0.3) is 5.91 Å². The minimum atomic E-state index is -0.140. The minimum absolute atomic E-state index is 0.140. The summed E-state index contributed by atoms with van der Waals surface area (Å²) >= 11 is 0. The zero-order valence-electron chi connectivity index (χ0n) is 10.4. The van der Waals surface area contributed by atoms with Crippen molar-refractivity contribution in [3.05, 3.63) is 53.9 Å². The van der Waals surface area contributed by atoms with Crippen LogP contribution in [0.5, 0.6) is 0 Å². The average Bonchev–Trinajstić information content (AvgIpc) is 2.40. The summed E-state index contributed by atoms with van der Waals surface area (Å²) in [6.45, 7) is 2.36. The molecule has 0 spiro atoms. The molecule has 1 amide bonds. The summed E-state index contributed by atoms with van der Waals surface area (Å²) in [6.07, 6.45) is 6.51. The van der Waals surface area contributed by atoms with Crippen molar-refractivity contribution in [1.29, 1.82) is 0 Å². The minimum Gasteiger partial charge on any atom is -0.336 e. The maximum atomic E-state index is 12.1. The highest BCUT2D eigenvalue weighted by Gasteiger charge is 2.13. The third-order valence-electron chi connectivity index (χ3n) is 2.52. The quantitative estimate of drug-likeness (QED) is 0.817. The van der Waals surface area contributed by atoms with Gasteiger partial charge in [0.1, 0.15) is 5.69 Å². The SMILES string of the molecule is Cc1cnc(C(=O)N(C)Cc2ccncc2)cn1. The molecular formula is C13H14N4O. The Kier molecular flexibility index (Phi) is 3.62. The first-order valence-corrected chi connectivity index (χ1v) is 5.60. The second kappa shape index (κ2) is 5.35. The Labute approximate surface area is 106 Å². The summed E-state index contributed by atoms with van der Waals surface area (Å²) in [5.41, 5.74) is 2.18. The van der Waals surface area contributed by atoms with Crippen molar-refractivity contribution in [2.24, 2.45) is 0 Å². The van der Waals surface area contributed by atoms with Crippen LogP contribution >= 0.6 is 0 Å². The zero-order valence-corrected chi connectivity index (χ0v) is 10.4. The molecule has 0 aliphatic carbocycles. The third-order valence-corrected chi connectivity index (χ3v) is 2.52. The number of hydrogen-bond donors (Lipinski definition) is 0. The molecule has 0 aromatic carbocycles. The lowest BCUT2D eigenvalue weighted by molar-refractivity contribution is 0.0778. The van der Waals surface area contributed by atoms with E-state index in [1.54, 1.807) is 30.5 Å². The van der Waals surface area contributed by atoms with Crippen molar-refractivity contribution in [3.8, 4) is 0 Å². The van der Waals surface area contributed by atoms with Gasteiger partial charge >= 0.3 is 0 Å². The molecule has 0 bridgehead atoms. The first kappa shape index (κ1) is 12.2. The molecule has 0 saturated heterocycles. The van der Waals surface area contributed by atoms with Crippen molar-refractivity contribution < 1.29 is 4.79 Å². The van der Waals surface area contributed by atoms with Gasteiger partial charge in [-0.3, -0.25) is 14.8 Å². The monoisotopic (exact) mass is 242 g/mol. The molecule has 92 valence electrons. The second-order valence-corrected chi connectivity index (χ2v) is 4.06. The van der Waals surface area contributed by atoms with E-state index >= 15 is 0 Å². The van der Waals surface area contributed by atoms with Crippen molar-refractivity contribution in [2.75, 3.05) is 7.05 Å². The van der Waals surface area contributed by atoms with Gasteiger partial charge in [-0.1, -0.05) is 0 Å². The molecule has 5 nitrogen and oxygen atoms in total. The molecule has 0 aliphatic rings. The van der Waals surface area contributed by atoms with Crippen molar-refractivity contribution >= 4 is 5.91 Å². The molecule has 0 fully saturated rings. The Hall–Kier alpha value is -2.30. The van der Waals surface area contributed by atoms with Gasteiger partial charge in [0.05, 0.1) is 11.9 Å². The lowest BCUT2D eigenvalue weighted by atomic mass is 10.2. The Morgan fingerprint density at radius 1 is 1.22 bits per heavy atom. The molecule has 5 heteroatoms. The molecule has 0 atom stereocenters. The maximum absolute atomic E-state index is 12.1. The first-order valence-electron chi connectivity index (χ1n) is 5.60. The largest absolute Gasteiger partial charge is 0.336 e. The third kappa shape index (κ3) is 2.88. The van der Waals surface area contributed by atoms with E-state index in [2.05, 4.69) is 15.0 Å². The van der Waals surface area contributed by atoms with Gasteiger partial charge in [0, 0.05) is 32.2 Å². The van der Waals surface area contributed by atoms with E-state index in [1.807, 2.05) is 19.1 Å². The first-order chi connectivity index (χ1) is 8.66. The fourth-order valence-electron chi connectivity index (χ4n) is 1.53. The number of rotatable bonds is 3. The van der Waals surface area contributed by atoms with Crippen LogP contribution in [0.25, 0.3) is 0 Å². The number of amides is 1. The average molecular weight is 242 g/mol. The topological polar surface area (TPSA) is 59.0 Å². The van der Waals surface area contributed by atoms with Gasteiger partial charge in [-0.2, -0.15) is 0 Å². The van der Waals surface area contributed by atoms with Gasteiger partial charge in [-0.15, -0.1) is 0 Å². The molecule has 0 aliphatic heterocycles. The molecule has 2 rings (SSSR count). The standard InChI is InChI=1S/C13H14N4O/c1-10-7-16-12(8-15-10)13(18)17(2)9-11-3-5-14-6-4-11/h3-8H,9H2,1-2H3. The van der Waals surface area contributed by atoms with Gasteiger partial charge in [0.15, 0.2) is 0 Å². The molecule has 0 radical (unpaired) electrons. The van der Waals surface area contributed by atoms with Crippen molar-refractivity contribution in [1.82, 2.24) is 19.9 Å². The van der Waals surface area contributed by atoms with Crippen LogP contribution in [0.3, 0.4) is 0 Å². The highest BCUT2D eigenvalue weighted by Crippen LogP contribution is 2.05. The van der Waals surface area contributed by atoms with E-state index < -0.39 is 0 Å². The predicted molar refractivity (Wildman–Crippen MR) is 66.8 cm³/mol. The van der Waals surface area contributed by atoms with Crippen molar-refractivity contribution in [2.45, 2.75) is 13.5 Å². The Morgan fingerprint density at radius 3 is 2.56 bits per heavy atom. The van der Waals surface area contributed by atoms with E-state index in [4.69, 9.17) is 0 Å². The molecule has 2 aromatic rings. The lowest BCUT2D eigenvalue weighted by Gasteiger charge is -2.16. The summed E-state index contributed by atoms with van der Waals surface area (Å²) < 4.78 is 0. The maximum Gasteiger partial charge on any atom is 0.274 e. The number of pyridine rings is 1. The number of carbonyl (C=O) groups excluding carboxylic acids is 1. The van der Waals surface area contributed by atoms with Gasteiger partial charge in [0.2, 0.25) is 0 Å². The Balaban J connectivity index is 2.07. The van der Waals surface area contributed by atoms with Gasteiger partial charge in [-0.25, -0.2) is 4.98 Å². The summed E-state index contributed by atoms with van der Waals surface area (Å²) in [5.74, 6) is -0.140. The molecule has 0 saturated carbocycles. The van der Waals surface area contributed by atoms with Gasteiger partial charge < -0.3 is 4.90 Å². The van der Waals surface area contributed by atoms with E-state index in [1.165, 1.54) is 6.20 Å². The van der Waals surface area contributed by atoms with Crippen LogP contribution in [0.1, 0.15) is 21.7 Å². The van der Waals surface area contributed by atoms with Crippen LogP contribution in [0, 0.1) is 6.92 Å². The van der Waals surface area contributed by atoms with Crippen LogP contribution in [0.15, 0.2) is 36.9 Å².